The monoisotopic (exact) mass is 294 g/mol. The minimum Gasteiger partial charge on any atom is -0.304 e. The Hall–Kier alpha value is -1.42. The maximum Gasteiger partial charge on any atom is 0.178 e. The summed E-state index contributed by atoms with van der Waals surface area (Å²) < 4.78 is 0. The lowest BCUT2D eigenvalue weighted by Gasteiger charge is -2.05. The molecule has 1 aromatic carbocycles. The van der Waals surface area contributed by atoms with Gasteiger partial charge in [-0.3, -0.25) is 9.78 Å². The van der Waals surface area contributed by atoms with E-state index < -0.39 is 0 Å². The minimum absolute atomic E-state index is 0.0717. The smallest absolute Gasteiger partial charge is 0.178 e. The standard InChI is InChI=1S/C14H12Cl2N2O/c15-10-4-5-12(13(16)7-10)14(19)9-17-8-11-3-1-2-6-18-11/h1-7,17H,8-9H2. The summed E-state index contributed by atoms with van der Waals surface area (Å²) in [6.07, 6.45) is 1.72. The predicted molar refractivity (Wildman–Crippen MR) is 76.7 cm³/mol. The molecule has 1 N–H and O–H groups in total. The molecule has 0 atom stereocenters. The van der Waals surface area contributed by atoms with Crippen molar-refractivity contribution in [2.75, 3.05) is 6.54 Å². The maximum atomic E-state index is 12.0. The van der Waals surface area contributed by atoms with Gasteiger partial charge < -0.3 is 5.32 Å². The second-order valence-electron chi connectivity index (χ2n) is 3.97. The summed E-state index contributed by atoms with van der Waals surface area (Å²) in [6.45, 7) is 0.746. The second-order valence-corrected chi connectivity index (χ2v) is 4.82. The minimum atomic E-state index is -0.0717. The number of Topliss-reactive ketones (excluding diaryl/α,β-unsaturated/α-hetero) is 1. The van der Waals surface area contributed by atoms with E-state index in [2.05, 4.69) is 10.3 Å². The van der Waals surface area contributed by atoms with Crippen LogP contribution in [0, 0.1) is 0 Å². The Labute approximate surface area is 121 Å². The Bertz CT molecular complexity index is 573. The molecule has 1 aromatic heterocycles. The molecule has 98 valence electrons. The normalized spacial score (nSPS) is 10.4. The van der Waals surface area contributed by atoms with Crippen LogP contribution < -0.4 is 5.32 Å². The average Bonchev–Trinajstić information content (AvgIpc) is 2.39. The molecule has 0 saturated carbocycles. The number of benzene rings is 1. The molecule has 2 aromatic rings. The Morgan fingerprint density at radius 1 is 1.21 bits per heavy atom. The Morgan fingerprint density at radius 3 is 2.74 bits per heavy atom. The van der Waals surface area contributed by atoms with Crippen LogP contribution >= 0.6 is 23.2 Å². The Morgan fingerprint density at radius 2 is 2.05 bits per heavy atom. The van der Waals surface area contributed by atoms with Crippen molar-refractivity contribution in [1.82, 2.24) is 10.3 Å². The molecular formula is C14H12Cl2N2O. The first-order valence-corrected chi connectivity index (χ1v) is 6.51. The van der Waals surface area contributed by atoms with Gasteiger partial charge in [0.05, 0.1) is 17.3 Å². The molecule has 0 aliphatic rings. The number of carbonyl (C=O) groups excluding carboxylic acids is 1. The van der Waals surface area contributed by atoms with E-state index in [4.69, 9.17) is 23.2 Å². The predicted octanol–water partition coefficient (Wildman–Crippen LogP) is 3.36. The summed E-state index contributed by atoms with van der Waals surface area (Å²) in [4.78, 5) is 16.1. The zero-order chi connectivity index (χ0) is 13.7. The van der Waals surface area contributed by atoms with E-state index >= 15 is 0 Å². The van der Waals surface area contributed by atoms with Crippen molar-refractivity contribution in [2.45, 2.75) is 6.54 Å². The lowest BCUT2D eigenvalue weighted by atomic mass is 10.1. The summed E-state index contributed by atoms with van der Waals surface area (Å²) >= 11 is 11.8. The first kappa shape index (κ1) is 14.0. The van der Waals surface area contributed by atoms with Gasteiger partial charge in [-0.15, -0.1) is 0 Å². The topological polar surface area (TPSA) is 42.0 Å². The SMILES string of the molecule is O=C(CNCc1ccccn1)c1ccc(Cl)cc1Cl. The van der Waals surface area contributed by atoms with Gasteiger partial charge >= 0.3 is 0 Å². The molecule has 0 saturated heterocycles. The summed E-state index contributed by atoms with van der Waals surface area (Å²) in [5.74, 6) is -0.0717. The molecule has 1 heterocycles. The molecule has 19 heavy (non-hydrogen) atoms. The van der Waals surface area contributed by atoms with Crippen molar-refractivity contribution in [1.29, 1.82) is 0 Å². The molecule has 0 spiro atoms. The van der Waals surface area contributed by atoms with Gasteiger partial charge in [0.25, 0.3) is 0 Å². The van der Waals surface area contributed by atoms with Crippen LogP contribution in [0.25, 0.3) is 0 Å². The summed E-state index contributed by atoms with van der Waals surface area (Å²) in [6, 6.07) is 10.5. The number of hydrogen-bond acceptors (Lipinski definition) is 3. The third-order valence-electron chi connectivity index (χ3n) is 2.55. The third-order valence-corrected chi connectivity index (χ3v) is 3.10. The van der Waals surface area contributed by atoms with Crippen LogP contribution in [0.15, 0.2) is 42.6 Å². The number of hydrogen-bond donors (Lipinski definition) is 1. The Balaban J connectivity index is 1.91. The molecule has 2 rings (SSSR count). The Kier molecular flexibility index (Phi) is 4.91. The lowest BCUT2D eigenvalue weighted by molar-refractivity contribution is 0.0991. The van der Waals surface area contributed by atoms with E-state index in [1.54, 1.807) is 24.4 Å². The molecule has 5 heteroatoms. The van der Waals surface area contributed by atoms with Gasteiger partial charge in [0.15, 0.2) is 5.78 Å². The van der Waals surface area contributed by atoms with E-state index in [0.717, 1.165) is 5.69 Å². The van der Waals surface area contributed by atoms with Gasteiger partial charge in [-0.25, -0.2) is 0 Å². The molecule has 0 aliphatic heterocycles. The van der Waals surface area contributed by atoms with E-state index in [1.165, 1.54) is 0 Å². The quantitative estimate of drug-likeness (QED) is 0.860. The number of halogens is 2. The zero-order valence-corrected chi connectivity index (χ0v) is 11.6. The van der Waals surface area contributed by atoms with Crippen LogP contribution in [-0.2, 0) is 6.54 Å². The number of ketones is 1. The summed E-state index contributed by atoms with van der Waals surface area (Å²) in [5.41, 5.74) is 1.36. The molecule has 0 radical (unpaired) electrons. The van der Waals surface area contributed by atoms with Crippen molar-refractivity contribution >= 4 is 29.0 Å². The molecule has 3 nitrogen and oxygen atoms in total. The molecule has 0 bridgehead atoms. The highest BCUT2D eigenvalue weighted by molar-refractivity contribution is 6.36. The van der Waals surface area contributed by atoms with Crippen molar-refractivity contribution in [3.63, 3.8) is 0 Å². The van der Waals surface area contributed by atoms with Crippen LogP contribution in [-0.4, -0.2) is 17.3 Å². The van der Waals surface area contributed by atoms with Gasteiger partial charge in [0.2, 0.25) is 0 Å². The number of aromatic nitrogens is 1. The van der Waals surface area contributed by atoms with Gasteiger partial charge in [-0.2, -0.15) is 0 Å². The number of nitrogens with one attached hydrogen (secondary N) is 1. The third kappa shape index (κ3) is 4.03. The molecule has 0 unspecified atom stereocenters. The van der Waals surface area contributed by atoms with Crippen LogP contribution in [0.2, 0.25) is 10.0 Å². The fourth-order valence-electron chi connectivity index (χ4n) is 1.62. The van der Waals surface area contributed by atoms with Gasteiger partial charge in [-0.1, -0.05) is 29.3 Å². The van der Waals surface area contributed by atoms with Crippen LogP contribution in [0.5, 0.6) is 0 Å². The van der Waals surface area contributed by atoms with E-state index in [-0.39, 0.29) is 12.3 Å². The van der Waals surface area contributed by atoms with E-state index in [1.807, 2.05) is 18.2 Å². The van der Waals surface area contributed by atoms with E-state index in [0.29, 0.717) is 22.2 Å². The van der Waals surface area contributed by atoms with Crippen molar-refractivity contribution < 1.29 is 4.79 Å². The number of rotatable bonds is 5. The highest BCUT2D eigenvalue weighted by Crippen LogP contribution is 2.21. The van der Waals surface area contributed by atoms with Crippen molar-refractivity contribution in [3.05, 3.63) is 63.9 Å². The van der Waals surface area contributed by atoms with Gasteiger partial charge in [0.1, 0.15) is 0 Å². The summed E-state index contributed by atoms with van der Waals surface area (Å²) in [5, 5.41) is 3.93. The van der Waals surface area contributed by atoms with Crippen LogP contribution in [0.4, 0.5) is 0 Å². The lowest BCUT2D eigenvalue weighted by Crippen LogP contribution is -2.23. The molecule has 0 fully saturated rings. The van der Waals surface area contributed by atoms with Crippen LogP contribution in [0.1, 0.15) is 16.1 Å². The maximum absolute atomic E-state index is 12.0. The zero-order valence-electron chi connectivity index (χ0n) is 10.1. The molecule has 0 aliphatic carbocycles. The van der Waals surface area contributed by atoms with Gasteiger partial charge in [-0.05, 0) is 30.3 Å². The van der Waals surface area contributed by atoms with Crippen molar-refractivity contribution in [3.8, 4) is 0 Å². The highest BCUT2D eigenvalue weighted by atomic mass is 35.5. The van der Waals surface area contributed by atoms with E-state index in [9.17, 15) is 4.79 Å². The average molecular weight is 295 g/mol. The summed E-state index contributed by atoms with van der Waals surface area (Å²) in [7, 11) is 0. The molecular weight excluding hydrogens is 283 g/mol. The fourth-order valence-corrected chi connectivity index (χ4v) is 2.13. The van der Waals surface area contributed by atoms with Gasteiger partial charge in [0, 0.05) is 23.3 Å². The van der Waals surface area contributed by atoms with Crippen molar-refractivity contribution in [2.24, 2.45) is 0 Å². The number of nitrogens with zero attached hydrogens (tertiary/aromatic N) is 1. The second kappa shape index (κ2) is 6.66. The van der Waals surface area contributed by atoms with Crippen LogP contribution in [0.3, 0.4) is 0 Å². The first-order chi connectivity index (χ1) is 9.16. The molecule has 0 amide bonds. The fraction of sp³-hybridized carbons (Fsp3) is 0.143. The number of carbonyl (C=O) groups is 1. The highest BCUT2D eigenvalue weighted by Gasteiger charge is 2.10. The largest absolute Gasteiger partial charge is 0.304 e. The number of pyridine rings is 1. The first-order valence-electron chi connectivity index (χ1n) is 5.75.